The average molecular weight is 340 g/mol. The van der Waals surface area contributed by atoms with Gasteiger partial charge < -0.3 is 14.8 Å². The van der Waals surface area contributed by atoms with E-state index in [0.29, 0.717) is 17.1 Å². The Balaban J connectivity index is 2.03. The van der Waals surface area contributed by atoms with Gasteiger partial charge in [0.25, 0.3) is 0 Å². The molecule has 1 unspecified atom stereocenters. The first kappa shape index (κ1) is 17.5. The van der Waals surface area contributed by atoms with Gasteiger partial charge in [-0.05, 0) is 39.0 Å². The zero-order valence-electron chi connectivity index (χ0n) is 13.2. The molecule has 1 aromatic carbocycles. The molecule has 0 fully saturated rings. The Hall–Kier alpha value is -1.85. The van der Waals surface area contributed by atoms with Gasteiger partial charge in [-0.15, -0.1) is 0 Å². The molecule has 2 N–H and O–H groups in total. The number of carbonyl (C=O) groups excluding carboxylic acids is 1. The van der Waals surface area contributed by atoms with Crippen LogP contribution in [-0.4, -0.2) is 17.6 Å². The fourth-order valence-electron chi connectivity index (χ4n) is 2.46. The molecule has 1 aromatic heterocycles. The smallest absolute Gasteiger partial charge is 0.224 e. The Morgan fingerprint density at radius 2 is 2.13 bits per heavy atom. The molecule has 0 saturated carbocycles. The predicted octanol–water partition coefficient (Wildman–Crippen LogP) is 3.26. The van der Waals surface area contributed by atoms with E-state index in [1.54, 1.807) is 26.8 Å². The van der Waals surface area contributed by atoms with Gasteiger partial charge >= 0.3 is 0 Å². The van der Waals surface area contributed by atoms with Crippen LogP contribution >= 0.6 is 11.6 Å². The largest absolute Gasteiger partial charge is 0.466 e. The minimum atomic E-state index is -1.28. The van der Waals surface area contributed by atoms with Gasteiger partial charge in [-0.1, -0.05) is 17.7 Å². The second-order valence-corrected chi connectivity index (χ2v) is 6.16. The molecular weight excluding hydrogens is 321 g/mol. The maximum Gasteiger partial charge on any atom is 0.224 e. The maximum absolute atomic E-state index is 13.7. The second-order valence-electron chi connectivity index (χ2n) is 5.75. The molecule has 124 valence electrons. The van der Waals surface area contributed by atoms with Crippen molar-refractivity contribution in [2.45, 2.75) is 32.8 Å². The normalized spacial score (nSPS) is 13.7. The van der Waals surface area contributed by atoms with E-state index in [1.165, 1.54) is 18.2 Å². The van der Waals surface area contributed by atoms with Crippen molar-refractivity contribution in [2.75, 3.05) is 6.54 Å². The van der Waals surface area contributed by atoms with E-state index >= 15 is 0 Å². The molecule has 2 aromatic rings. The molecular formula is C17H19ClFNO3. The van der Waals surface area contributed by atoms with Crippen LogP contribution in [0.4, 0.5) is 4.39 Å². The van der Waals surface area contributed by atoms with E-state index in [4.69, 9.17) is 16.0 Å². The van der Waals surface area contributed by atoms with Crippen molar-refractivity contribution in [2.24, 2.45) is 0 Å². The number of aryl methyl sites for hydroxylation is 2. The SMILES string of the molecule is Cc1cc(C(C)(O)CNC(=O)Cc2c(F)cccc2Cl)c(C)o1. The van der Waals surface area contributed by atoms with E-state index in [1.807, 2.05) is 0 Å². The second kappa shape index (κ2) is 6.72. The molecule has 1 atom stereocenters. The van der Waals surface area contributed by atoms with Crippen LogP contribution in [0.15, 0.2) is 28.7 Å². The van der Waals surface area contributed by atoms with Gasteiger partial charge in [0.05, 0.1) is 13.0 Å². The number of aliphatic hydroxyl groups is 1. The van der Waals surface area contributed by atoms with Crippen molar-refractivity contribution < 1.29 is 18.7 Å². The third kappa shape index (κ3) is 4.12. The third-order valence-corrected chi connectivity index (χ3v) is 4.00. The maximum atomic E-state index is 13.7. The Bertz CT molecular complexity index is 704. The lowest BCUT2D eigenvalue weighted by molar-refractivity contribution is -0.121. The van der Waals surface area contributed by atoms with Gasteiger partial charge in [0.15, 0.2) is 0 Å². The summed E-state index contributed by atoms with van der Waals surface area (Å²) in [6, 6.07) is 5.99. The zero-order valence-corrected chi connectivity index (χ0v) is 14.0. The van der Waals surface area contributed by atoms with Gasteiger partial charge in [0.1, 0.15) is 22.9 Å². The number of rotatable bonds is 5. The number of halogens is 2. The van der Waals surface area contributed by atoms with Crippen molar-refractivity contribution >= 4 is 17.5 Å². The highest BCUT2D eigenvalue weighted by Gasteiger charge is 2.28. The summed E-state index contributed by atoms with van der Waals surface area (Å²) in [6.07, 6.45) is -0.190. The molecule has 0 aliphatic heterocycles. The van der Waals surface area contributed by atoms with Crippen LogP contribution in [0.1, 0.15) is 29.6 Å². The van der Waals surface area contributed by atoms with E-state index < -0.39 is 17.3 Å². The van der Waals surface area contributed by atoms with Crippen LogP contribution in [0, 0.1) is 19.7 Å². The van der Waals surface area contributed by atoms with E-state index in [9.17, 15) is 14.3 Å². The standard InChI is InChI=1S/C17H19ClFNO3/c1-10-7-13(11(2)23-10)17(3,22)9-20-16(21)8-12-14(18)5-4-6-15(12)19/h4-7,22H,8-9H2,1-3H3,(H,20,21). The Morgan fingerprint density at radius 1 is 1.43 bits per heavy atom. The Kier molecular flexibility index (Phi) is 5.12. The fourth-order valence-corrected chi connectivity index (χ4v) is 2.69. The van der Waals surface area contributed by atoms with Crippen molar-refractivity contribution in [1.82, 2.24) is 5.32 Å². The van der Waals surface area contributed by atoms with Gasteiger partial charge in [0.2, 0.25) is 5.91 Å². The molecule has 1 heterocycles. The molecule has 0 radical (unpaired) electrons. The lowest BCUT2D eigenvalue weighted by Gasteiger charge is -2.23. The lowest BCUT2D eigenvalue weighted by Crippen LogP contribution is -2.39. The molecule has 0 aliphatic rings. The summed E-state index contributed by atoms with van der Waals surface area (Å²) in [5.41, 5.74) is -0.530. The molecule has 0 bridgehead atoms. The quantitative estimate of drug-likeness (QED) is 0.879. The molecule has 1 amide bonds. The van der Waals surface area contributed by atoms with Crippen molar-refractivity contribution in [1.29, 1.82) is 0 Å². The number of carbonyl (C=O) groups is 1. The first-order chi connectivity index (χ1) is 10.7. The molecule has 4 nitrogen and oxygen atoms in total. The van der Waals surface area contributed by atoms with Crippen molar-refractivity contribution in [3.8, 4) is 0 Å². The van der Waals surface area contributed by atoms with E-state index in [-0.39, 0.29) is 23.6 Å². The topological polar surface area (TPSA) is 62.5 Å². The minimum absolute atomic E-state index is 0.0162. The molecule has 2 rings (SSSR count). The molecule has 23 heavy (non-hydrogen) atoms. The van der Waals surface area contributed by atoms with Gasteiger partial charge in [0, 0.05) is 16.1 Å². The summed E-state index contributed by atoms with van der Waals surface area (Å²) in [5, 5.41) is 13.3. The number of nitrogens with one attached hydrogen (secondary N) is 1. The Labute approximate surface area is 139 Å². The highest BCUT2D eigenvalue weighted by molar-refractivity contribution is 6.31. The van der Waals surface area contributed by atoms with Crippen molar-refractivity contribution in [3.05, 3.63) is 57.8 Å². The number of furan rings is 1. The van der Waals surface area contributed by atoms with Crippen LogP contribution < -0.4 is 5.32 Å². The summed E-state index contributed by atoms with van der Waals surface area (Å²) in [7, 11) is 0. The van der Waals surface area contributed by atoms with Gasteiger partial charge in [-0.2, -0.15) is 0 Å². The summed E-state index contributed by atoms with van der Waals surface area (Å²) < 4.78 is 19.1. The summed E-state index contributed by atoms with van der Waals surface area (Å²) in [4.78, 5) is 12.0. The fraction of sp³-hybridized carbons (Fsp3) is 0.353. The predicted molar refractivity (Wildman–Crippen MR) is 85.9 cm³/mol. The van der Waals surface area contributed by atoms with Crippen LogP contribution in [0.2, 0.25) is 5.02 Å². The first-order valence-electron chi connectivity index (χ1n) is 7.20. The highest BCUT2D eigenvalue weighted by Crippen LogP contribution is 2.26. The molecule has 0 spiro atoms. The number of amides is 1. The summed E-state index contributed by atoms with van der Waals surface area (Å²) in [6.45, 7) is 5.10. The number of hydrogen-bond donors (Lipinski definition) is 2. The van der Waals surface area contributed by atoms with Crippen LogP contribution in [0.25, 0.3) is 0 Å². The average Bonchev–Trinajstić information content (AvgIpc) is 2.81. The third-order valence-electron chi connectivity index (χ3n) is 3.65. The van der Waals surface area contributed by atoms with E-state index in [0.717, 1.165) is 0 Å². The Morgan fingerprint density at radius 3 is 2.70 bits per heavy atom. The van der Waals surface area contributed by atoms with E-state index in [2.05, 4.69) is 5.32 Å². The highest BCUT2D eigenvalue weighted by atomic mass is 35.5. The number of benzene rings is 1. The first-order valence-corrected chi connectivity index (χ1v) is 7.58. The lowest BCUT2D eigenvalue weighted by atomic mass is 9.96. The zero-order chi connectivity index (χ0) is 17.2. The van der Waals surface area contributed by atoms with Gasteiger partial charge in [-0.3, -0.25) is 4.79 Å². The molecule has 0 saturated heterocycles. The van der Waals surface area contributed by atoms with Crippen LogP contribution in [0.3, 0.4) is 0 Å². The summed E-state index contributed by atoms with van der Waals surface area (Å²) >= 11 is 5.90. The molecule has 0 aliphatic carbocycles. The number of hydrogen-bond acceptors (Lipinski definition) is 3. The summed E-state index contributed by atoms with van der Waals surface area (Å²) in [5.74, 6) is 0.331. The molecule has 6 heteroatoms. The minimum Gasteiger partial charge on any atom is -0.466 e. The van der Waals surface area contributed by atoms with Crippen LogP contribution in [0.5, 0.6) is 0 Å². The monoisotopic (exact) mass is 339 g/mol. The van der Waals surface area contributed by atoms with Gasteiger partial charge in [-0.25, -0.2) is 4.39 Å². The van der Waals surface area contributed by atoms with Crippen molar-refractivity contribution in [3.63, 3.8) is 0 Å². The van der Waals surface area contributed by atoms with Crippen LogP contribution in [-0.2, 0) is 16.8 Å².